The van der Waals surface area contributed by atoms with E-state index in [9.17, 15) is 13.2 Å². The molecule has 152 valence electrons. The number of likely N-dealkylation sites (tertiary alicyclic amines) is 1. The van der Waals surface area contributed by atoms with Crippen LogP contribution in [0.5, 0.6) is 0 Å². The van der Waals surface area contributed by atoms with Crippen LogP contribution in [0, 0.1) is 12.8 Å². The van der Waals surface area contributed by atoms with E-state index in [1.54, 1.807) is 25.1 Å². The van der Waals surface area contributed by atoms with E-state index in [1.165, 1.54) is 12.8 Å². The molecule has 1 heterocycles. The van der Waals surface area contributed by atoms with E-state index in [4.69, 9.17) is 11.6 Å². The Hall–Kier alpha value is -1.31. The van der Waals surface area contributed by atoms with Crippen LogP contribution in [0.2, 0.25) is 5.02 Å². The number of nitrogens with one attached hydrogen (secondary N) is 1. The number of nitrogens with zero attached hydrogens (tertiary/aromatic N) is 2. The highest BCUT2D eigenvalue weighted by atomic mass is 35.5. The summed E-state index contributed by atoms with van der Waals surface area (Å²) in [5.74, 6) is 0.491. The number of sulfonamides is 1. The molecule has 0 aromatic heterocycles. The molecule has 0 saturated carbocycles. The molecule has 1 aliphatic rings. The highest BCUT2D eigenvalue weighted by molar-refractivity contribution is 7.92. The van der Waals surface area contributed by atoms with Gasteiger partial charge in [-0.2, -0.15) is 0 Å². The number of hydrogen-bond acceptors (Lipinski definition) is 4. The van der Waals surface area contributed by atoms with Crippen molar-refractivity contribution in [3.05, 3.63) is 28.8 Å². The predicted molar refractivity (Wildman–Crippen MR) is 111 cm³/mol. The van der Waals surface area contributed by atoms with Gasteiger partial charge in [0.05, 0.1) is 11.9 Å². The van der Waals surface area contributed by atoms with E-state index in [2.05, 4.69) is 17.1 Å². The summed E-state index contributed by atoms with van der Waals surface area (Å²) in [6, 6.07) is 5.01. The molecule has 1 saturated heterocycles. The van der Waals surface area contributed by atoms with Crippen molar-refractivity contribution in [2.45, 2.75) is 33.1 Å². The molecule has 0 spiro atoms. The summed E-state index contributed by atoms with van der Waals surface area (Å²) >= 11 is 6.01. The van der Waals surface area contributed by atoms with Crippen molar-refractivity contribution in [3.63, 3.8) is 0 Å². The number of amides is 1. The summed E-state index contributed by atoms with van der Waals surface area (Å²) in [6.07, 6.45) is 4.41. The third kappa shape index (κ3) is 6.97. The average molecular weight is 416 g/mol. The normalized spacial score (nSPS) is 16.3. The fraction of sp³-hybridized carbons (Fsp3) is 0.632. The van der Waals surface area contributed by atoms with Gasteiger partial charge in [-0.3, -0.25) is 9.10 Å². The molecule has 2 rings (SSSR count). The second-order valence-corrected chi connectivity index (χ2v) is 9.77. The zero-order valence-corrected chi connectivity index (χ0v) is 17.9. The molecule has 0 atom stereocenters. The van der Waals surface area contributed by atoms with Gasteiger partial charge in [0.25, 0.3) is 0 Å². The van der Waals surface area contributed by atoms with Gasteiger partial charge in [0.2, 0.25) is 15.9 Å². The first-order valence-corrected chi connectivity index (χ1v) is 11.6. The van der Waals surface area contributed by atoms with Crippen LogP contribution >= 0.6 is 11.6 Å². The maximum atomic E-state index is 12.3. The molecule has 1 aromatic carbocycles. The summed E-state index contributed by atoms with van der Waals surface area (Å²) in [7, 11) is -3.60. The van der Waals surface area contributed by atoms with E-state index in [0.717, 1.165) is 48.1 Å². The first-order chi connectivity index (χ1) is 12.7. The molecule has 0 bridgehead atoms. The van der Waals surface area contributed by atoms with Crippen molar-refractivity contribution in [3.8, 4) is 0 Å². The number of carbonyl (C=O) groups is 1. The maximum absolute atomic E-state index is 12.3. The second kappa shape index (κ2) is 9.75. The zero-order chi connectivity index (χ0) is 20.0. The highest BCUT2D eigenvalue weighted by Gasteiger charge is 2.22. The molecule has 1 fully saturated rings. The summed E-state index contributed by atoms with van der Waals surface area (Å²) < 4.78 is 25.5. The minimum atomic E-state index is -3.60. The van der Waals surface area contributed by atoms with Crippen LogP contribution < -0.4 is 9.62 Å². The SMILES string of the molecule is Cc1ccc(Cl)cc1N(CC(=O)NCCCN1CCC(C)CC1)S(C)(=O)=O. The van der Waals surface area contributed by atoms with Crippen molar-refractivity contribution < 1.29 is 13.2 Å². The number of hydrogen-bond donors (Lipinski definition) is 1. The fourth-order valence-electron chi connectivity index (χ4n) is 3.23. The Morgan fingerprint density at radius 1 is 1.33 bits per heavy atom. The highest BCUT2D eigenvalue weighted by Crippen LogP contribution is 2.26. The molecule has 0 radical (unpaired) electrons. The van der Waals surface area contributed by atoms with Crippen molar-refractivity contribution in [1.82, 2.24) is 10.2 Å². The predicted octanol–water partition coefficient (Wildman–Crippen LogP) is 2.65. The Balaban J connectivity index is 1.86. The minimum Gasteiger partial charge on any atom is -0.354 e. The van der Waals surface area contributed by atoms with Gasteiger partial charge in [-0.1, -0.05) is 24.6 Å². The smallest absolute Gasteiger partial charge is 0.240 e. The Morgan fingerprint density at radius 2 is 2.00 bits per heavy atom. The first-order valence-electron chi connectivity index (χ1n) is 9.39. The second-order valence-electron chi connectivity index (χ2n) is 7.43. The average Bonchev–Trinajstić information content (AvgIpc) is 2.59. The Kier molecular flexibility index (Phi) is 7.94. The molecule has 6 nitrogen and oxygen atoms in total. The van der Waals surface area contributed by atoms with Gasteiger partial charge >= 0.3 is 0 Å². The molecule has 1 amide bonds. The van der Waals surface area contributed by atoms with Crippen LogP contribution in [-0.4, -0.2) is 58.2 Å². The lowest BCUT2D eigenvalue weighted by Crippen LogP contribution is -2.41. The van der Waals surface area contributed by atoms with Crippen molar-refractivity contribution in [2.24, 2.45) is 5.92 Å². The number of halogens is 1. The zero-order valence-electron chi connectivity index (χ0n) is 16.4. The standard InChI is InChI=1S/C19H30ClN3O3S/c1-15-7-11-22(12-8-15)10-4-9-21-19(24)14-23(27(3,25)26)18-13-17(20)6-5-16(18)2/h5-6,13,15H,4,7-12,14H2,1-3H3,(H,21,24). The number of piperidine rings is 1. The quantitative estimate of drug-likeness (QED) is 0.662. The molecule has 8 heteroatoms. The number of carbonyl (C=O) groups excluding carboxylic acids is 1. The number of benzene rings is 1. The molecular weight excluding hydrogens is 386 g/mol. The summed E-state index contributed by atoms with van der Waals surface area (Å²) in [6.45, 7) is 7.55. The monoisotopic (exact) mass is 415 g/mol. The van der Waals surface area contributed by atoms with Gasteiger partial charge in [-0.25, -0.2) is 8.42 Å². The molecule has 1 aliphatic heterocycles. The Labute approximate surface area is 167 Å². The first kappa shape index (κ1) is 22.0. The van der Waals surface area contributed by atoms with Crippen molar-refractivity contribution in [1.29, 1.82) is 0 Å². The van der Waals surface area contributed by atoms with Crippen LogP contribution in [-0.2, 0) is 14.8 Å². The number of anilines is 1. The van der Waals surface area contributed by atoms with Gasteiger partial charge < -0.3 is 10.2 Å². The van der Waals surface area contributed by atoms with Crippen LogP contribution in [0.3, 0.4) is 0 Å². The molecular formula is C19H30ClN3O3S. The van der Waals surface area contributed by atoms with E-state index in [0.29, 0.717) is 17.3 Å². The van der Waals surface area contributed by atoms with Crippen LogP contribution in [0.1, 0.15) is 31.7 Å². The third-order valence-corrected chi connectivity index (χ3v) is 6.34. The summed E-state index contributed by atoms with van der Waals surface area (Å²) in [5, 5.41) is 3.26. The van der Waals surface area contributed by atoms with E-state index in [-0.39, 0.29) is 12.5 Å². The minimum absolute atomic E-state index is 0.249. The van der Waals surface area contributed by atoms with Crippen LogP contribution in [0.4, 0.5) is 5.69 Å². The van der Waals surface area contributed by atoms with Gasteiger partial charge in [0, 0.05) is 11.6 Å². The molecule has 0 aliphatic carbocycles. The van der Waals surface area contributed by atoms with Gasteiger partial charge in [0.15, 0.2) is 0 Å². The molecule has 1 aromatic rings. The molecule has 27 heavy (non-hydrogen) atoms. The van der Waals surface area contributed by atoms with Gasteiger partial charge in [0.1, 0.15) is 6.54 Å². The van der Waals surface area contributed by atoms with Crippen LogP contribution in [0.25, 0.3) is 0 Å². The van der Waals surface area contributed by atoms with E-state index in [1.807, 2.05) is 0 Å². The molecule has 1 N–H and O–H groups in total. The number of rotatable bonds is 8. The Morgan fingerprint density at radius 3 is 2.63 bits per heavy atom. The largest absolute Gasteiger partial charge is 0.354 e. The summed E-state index contributed by atoms with van der Waals surface area (Å²) in [4.78, 5) is 14.7. The van der Waals surface area contributed by atoms with Gasteiger partial charge in [-0.15, -0.1) is 0 Å². The maximum Gasteiger partial charge on any atom is 0.240 e. The van der Waals surface area contributed by atoms with E-state index >= 15 is 0 Å². The van der Waals surface area contributed by atoms with Crippen molar-refractivity contribution in [2.75, 3.05) is 43.3 Å². The van der Waals surface area contributed by atoms with Crippen LogP contribution in [0.15, 0.2) is 18.2 Å². The summed E-state index contributed by atoms with van der Waals surface area (Å²) in [5.41, 5.74) is 1.18. The lowest BCUT2D eigenvalue weighted by Gasteiger charge is -2.30. The third-order valence-electron chi connectivity index (χ3n) is 4.98. The lowest BCUT2D eigenvalue weighted by molar-refractivity contribution is -0.119. The molecule has 0 unspecified atom stereocenters. The lowest BCUT2D eigenvalue weighted by atomic mass is 9.99. The fourth-order valence-corrected chi connectivity index (χ4v) is 4.31. The topological polar surface area (TPSA) is 69.7 Å². The van der Waals surface area contributed by atoms with E-state index < -0.39 is 10.0 Å². The Bertz CT molecular complexity index is 747. The number of aryl methyl sites for hydroxylation is 1. The van der Waals surface area contributed by atoms with Gasteiger partial charge in [-0.05, 0) is 69.4 Å². The van der Waals surface area contributed by atoms with Crippen molar-refractivity contribution >= 4 is 33.2 Å².